The molecule has 0 saturated carbocycles. The van der Waals surface area contributed by atoms with E-state index in [1.807, 2.05) is 6.07 Å². The number of likely N-dealkylation sites (tertiary alicyclic amines) is 1. The van der Waals surface area contributed by atoms with Crippen LogP contribution >= 0.6 is 0 Å². The van der Waals surface area contributed by atoms with Crippen molar-refractivity contribution in [3.63, 3.8) is 0 Å². The highest BCUT2D eigenvalue weighted by atomic mass is 16.2. The van der Waals surface area contributed by atoms with E-state index < -0.39 is 0 Å². The Morgan fingerprint density at radius 1 is 1.08 bits per heavy atom. The van der Waals surface area contributed by atoms with Gasteiger partial charge in [-0.15, -0.1) is 0 Å². The Bertz CT molecular complexity index is 521. The van der Waals surface area contributed by atoms with Crippen molar-refractivity contribution < 1.29 is 9.59 Å². The van der Waals surface area contributed by atoms with Crippen molar-refractivity contribution in [2.45, 2.75) is 38.8 Å². The molecule has 1 aliphatic rings. The number of amides is 3. The highest BCUT2D eigenvalue weighted by Gasteiger charge is 2.22. The summed E-state index contributed by atoms with van der Waals surface area (Å²) >= 11 is 0. The summed E-state index contributed by atoms with van der Waals surface area (Å²) in [5.74, 6) is -0.0871. The predicted octanol–water partition coefficient (Wildman–Crippen LogP) is 1.48. The molecule has 0 spiro atoms. The number of carbonyl (C=O) groups is 2. The van der Waals surface area contributed by atoms with Gasteiger partial charge in [-0.25, -0.2) is 4.79 Å². The largest absolute Gasteiger partial charge is 0.355 e. The minimum Gasteiger partial charge on any atom is -0.355 e. The molecule has 1 aliphatic heterocycles. The van der Waals surface area contributed by atoms with E-state index in [9.17, 15) is 9.59 Å². The summed E-state index contributed by atoms with van der Waals surface area (Å²) in [6.45, 7) is 5.00. The van der Waals surface area contributed by atoms with Crippen LogP contribution in [0.4, 0.5) is 4.79 Å². The summed E-state index contributed by atoms with van der Waals surface area (Å²) in [7, 11) is 0. The molecule has 1 aromatic rings. The standard InChI is InChI=1S/C18H28N4O2/c1-15(23)19-10-11-20-18(24)21-13-17-9-5-6-12-22(17)14-16-7-3-2-4-8-16/h2-4,7-8,17H,5-6,9-14H2,1H3,(H,19,23)(H2,20,21,24)/t17-/m0/s1. The van der Waals surface area contributed by atoms with Gasteiger partial charge in [-0.05, 0) is 24.9 Å². The molecule has 1 fully saturated rings. The van der Waals surface area contributed by atoms with Gasteiger partial charge in [-0.1, -0.05) is 36.8 Å². The van der Waals surface area contributed by atoms with Crippen LogP contribution in [0.3, 0.4) is 0 Å². The van der Waals surface area contributed by atoms with Crippen LogP contribution in [0.5, 0.6) is 0 Å². The monoisotopic (exact) mass is 332 g/mol. The Labute approximate surface area is 144 Å². The number of piperidine rings is 1. The molecule has 0 radical (unpaired) electrons. The summed E-state index contributed by atoms with van der Waals surface area (Å²) < 4.78 is 0. The second kappa shape index (κ2) is 9.93. The molecule has 6 heteroatoms. The number of carbonyl (C=O) groups excluding carboxylic acids is 2. The van der Waals surface area contributed by atoms with Gasteiger partial charge in [0, 0.05) is 39.1 Å². The molecule has 3 amide bonds. The maximum Gasteiger partial charge on any atom is 0.314 e. The minimum atomic E-state index is -0.175. The number of rotatable bonds is 7. The van der Waals surface area contributed by atoms with E-state index in [0.29, 0.717) is 25.7 Å². The van der Waals surface area contributed by atoms with Crippen LogP contribution in [-0.4, -0.2) is 49.1 Å². The third-order valence-corrected chi connectivity index (χ3v) is 4.26. The van der Waals surface area contributed by atoms with E-state index in [-0.39, 0.29) is 11.9 Å². The molecule has 132 valence electrons. The van der Waals surface area contributed by atoms with Crippen LogP contribution in [0.1, 0.15) is 31.7 Å². The summed E-state index contributed by atoms with van der Waals surface area (Å²) in [6.07, 6.45) is 3.53. The number of benzene rings is 1. The van der Waals surface area contributed by atoms with Crippen molar-refractivity contribution in [3.8, 4) is 0 Å². The zero-order valence-corrected chi connectivity index (χ0v) is 14.4. The molecule has 0 bridgehead atoms. The molecule has 2 rings (SSSR count). The molecule has 1 saturated heterocycles. The second-order valence-electron chi connectivity index (χ2n) is 6.23. The number of nitrogens with one attached hydrogen (secondary N) is 3. The topological polar surface area (TPSA) is 73.5 Å². The van der Waals surface area contributed by atoms with Crippen LogP contribution in [-0.2, 0) is 11.3 Å². The smallest absolute Gasteiger partial charge is 0.314 e. The van der Waals surface area contributed by atoms with Gasteiger partial charge in [0.1, 0.15) is 0 Å². The lowest BCUT2D eigenvalue weighted by Gasteiger charge is -2.35. The first-order chi connectivity index (χ1) is 11.6. The van der Waals surface area contributed by atoms with E-state index in [1.165, 1.54) is 25.3 Å². The maximum atomic E-state index is 11.8. The van der Waals surface area contributed by atoms with Crippen LogP contribution in [0.2, 0.25) is 0 Å². The van der Waals surface area contributed by atoms with Crippen LogP contribution in [0, 0.1) is 0 Å². The van der Waals surface area contributed by atoms with E-state index in [2.05, 4.69) is 45.1 Å². The highest BCUT2D eigenvalue weighted by molar-refractivity contribution is 5.74. The molecule has 1 atom stereocenters. The lowest BCUT2D eigenvalue weighted by atomic mass is 10.0. The summed E-state index contributed by atoms with van der Waals surface area (Å²) in [4.78, 5) is 25.1. The Kier molecular flexibility index (Phi) is 7.55. The normalized spacial score (nSPS) is 18.0. The van der Waals surface area contributed by atoms with Gasteiger partial charge in [0.05, 0.1) is 0 Å². The maximum absolute atomic E-state index is 11.8. The fraction of sp³-hybridized carbons (Fsp3) is 0.556. The Balaban J connectivity index is 1.72. The zero-order valence-electron chi connectivity index (χ0n) is 14.4. The first-order valence-electron chi connectivity index (χ1n) is 8.69. The van der Waals surface area contributed by atoms with Gasteiger partial charge < -0.3 is 16.0 Å². The molecular weight excluding hydrogens is 304 g/mol. The average Bonchev–Trinajstić information content (AvgIpc) is 2.59. The second-order valence-corrected chi connectivity index (χ2v) is 6.23. The fourth-order valence-electron chi connectivity index (χ4n) is 3.00. The van der Waals surface area contributed by atoms with Gasteiger partial charge >= 0.3 is 6.03 Å². The Hall–Kier alpha value is -2.08. The third kappa shape index (κ3) is 6.58. The number of hydrogen-bond donors (Lipinski definition) is 3. The lowest BCUT2D eigenvalue weighted by molar-refractivity contribution is -0.118. The van der Waals surface area contributed by atoms with Crippen molar-refractivity contribution in [3.05, 3.63) is 35.9 Å². The van der Waals surface area contributed by atoms with Crippen molar-refractivity contribution in [1.29, 1.82) is 0 Å². The van der Waals surface area contributed by atoms with E-state index >= 15 is 0 Å². The predicted molar refractivity (Wildman–Crippen MR) is 94.6 cm³/mol. The quantitative estimate of drug-likeness (QED) is 0.662. The lowest BCUT2D eigenvalue weighted by Crippen LogP contribution is -2.49. The Morgan fingerprint density at radius 3 is 2.58 bits per heavy atom. The number of urea groups is 1. The Morgan fingerprint density at radius 2 is 1.83 bits per heavy atom. The van der Waals surface area contributed by atoms with Crippen molar-refractivity contribution in [2.75, 3.05) is 26.2 Å². The summed E-state index contributed by atoms with van der Waals surface area (Å²) in [5.41, 5.74) is 1.31. The summed E-state index contributed by atoms with van der Waals surface area (Å²) in [5, 5.41) is 8.36. The molecular formula is C18H28N4O2. The average molecular weight is 332 g/mol. The van der Waals surface area contributed by atoms with Crippen LogP contribution in [0.25, 0.3) is 0 Å². The van der Waals surface area contributed by atoms with E-state index in [4.69, 9.17) is 0 Å². The summed E-state index contributed by atoms with van der Waals surface area (Å²) in [6, 6.07) is 10.7. The van der Waals surface area contributed by atoms with Crippen molar-refractivity contribution in [2.24, 2.45) is 0 Å². The third-order valence-electron chi connectivity index (χ3n) is 4.26. The van der Waals surface area contributed by atoms with E-state index in [1.54, 1.807) is 0 Å². The van der Waals surface area contributed by atoms with E-state index in [0.717, 1.165) is 19.5 Å². The molecule has 0 aromatic heterocycles. The minimum absolute atomic E-state index is 0.0871. The first kappa shape index (κ1) is 18.3. The molecule has 0 unspecified atom stereocenters. The van der Waals surface area contributed by atoms with Crippen molar-refractivity contribution in [1.82, 2.24) is 20.9 Å². The molecule has 1 aromatic carbocycles. The molecule has 0 aliphatic carbocycles. The van der Waals surface area contributed by atoms with Gasteiger partial charge in [-0.3, -0.25) is 9.69 Å². The van der Waals surface area contributed by atoms with Crippen LogP contribution < -0.4 is 16.0 Å². The highest BCUT2D eigenvalue weighted by Crippen LogP contribution is 2.19. The van der Waals surface area contributed by atoms with Gasteiger partial charge in [0.25, 0.3) is 0 Å². The van der Waals surface area contributed by atoms with Gasteiger partial charge in [0.15, 0.2) is 0 Å². The van der Waals surface area contributed by atoms with Gasteiger partial charge in [0.2, 0.25) is 5.91 Å². The zero-order chi connectivity index (χ0) is 17.2. The molecule has 1 heterocycles. The van der Waals surface area contributed by atoms with Gasteiger partial charge in [-0.2, -0.15) is 0 Å². The van der Waals surface area contributed by atoms with Crippen molar-refractivity contribution >= 4 is 11.9 Å². The van der Waals surface area contributed by atoms with Crippen LogP contribution in [0.15, 0.2) is 30.3 Å². The fourth-order valence-corrected chi connectivity index (χ4v) is 3.00. The number of hydrogen-bond acceptors (Lipinski definition) is 3. The molecule has 3 N–H and O–H groups in total. The number of nitrogens with zero attached hydrogens (tertiary/aromatic N) is 1. The first-order valence-corrected chi connectivity index (χ1v) is 8.69. The SMILES string of the molecule is CC(=O)NCCNC(=O)NC[C@@H]1CCCCN1Cc1ccccc1. The molecule has 24 heavy (non-hydrogen) atoms. The molecule has 6 nitrogen and oxygen atoms in total.